The van der Waals surface area contributed by atoms with Gasteiger partial charge in [0.2, 0.25) is 0 Å². The predicted molar refractivity (Wildman–Crippen MR) is 141 cm³/mol. The molecule has 186 valence electrons. The number of likely N-dealkylation sites (tertiary alicyclic amines) is 1. The van der Waals surface area contributed by atoms with E-state index in [1.54, 1.807) is 0 Å². The molecule has 0 amide bonds. The van der Waals surface area contributed by atoms with Crippen LogP contribution in [0.15, 0.2) is 84.9 Å². The van der Waals surface area contributed by atoms with Gasteiger partial charge in [0.15, 0.2) is 0 Å². The van der Waals surface area contributed by atoms with Crippen molar-refractivity contribution in [1.82, 2.24) is 4.90 Å². The van der Waals surface area contributed by atoms with Crippen LogP contribution < -0.4 is 0 Å². The van der Waals surface area contributed by atoms with Gasteiger partial charge in [0.1, 0.15) is 11.8 Å². The number of aryl methyl sites for hydroxylation is 1. The largest absolute Gasteiger partial charge is 0.393 e. The normalized spacial score (nSPS) is 17.3. The summed E-state index contributed by atoms with van der Waals surface area (Å²) in [5.74, 6) is 0.0934. The molecule has 0 saturated carbocycles. The lowest BCUT2D eigenvalue weighted by molar-refractivity contribution is -0.0606. The summed E-state index contributed by atoms with van der Waals surface area (Å²) in [5, 5.41) is 32.4. The Morgan fingerprint density at radius 3 is 1.83 bits per heavy atom. The maximum Gasteiger partial charge on any atom is 0.117 e. The first-order valence-electron chi connectivity index (χ1n) is 13.0. The molecule has 1 aliphatic rings. The van der Waals surface area contributed by atoms with Crippen molar-refractivity contribution in [1.29, 1.82) is 0 Å². The molecule has 1 heterocycles. The van der Waals surface area contributed by atoms with Crippen molar-refractivity contribution in [3.8, 4) is 0 Å². The standard InChI is InChI=1S/C31H39NO3/c1-24(33)23-26-17-15-25(16-18-26)9-8-14-30(34)32-21-19-29(20-22-32)31(35,27-10-4-2-5-11-27)28-12-6-3-7-13-28/h2-7,10-13,15-18,24,29-30,33-35H,8-9,14,19-23H2,1H3. The summed E-state index contributed by atoms with van der Waals surface area (Å²) in [4.78, 5) is 2.17. The number of benzene rings is 3. The van der Waals surface area contributed by atoms with Gasteiger partial charge in [-0.2, -0.15) is 0 Å². The lowest BCUT2D eigenvalue weighted by Crippen LogP contribution is -2.47. The Balaban J connectivity index is 1.31. The molecule has 4 rings (SSSR count). The molecule has 0 spiro atoms. The van der Waals surface area contributed by atoms with Gasteiger partial charge >= 0.3 is 0 Å². The summed E-state index contributed by atoms with van der Waals surface area (Å²) in [6, 6.07) is 28.4. The molecule has 35 heavy (non-hydrogen) atoms. The number of aliphatic hydroxyl groups excluding tert-OH is 2. The van der Waals surface area contributed by atoms with Crippen molar-refractivity contribution in [2.45, 2.75) is 63.4 Å². The van der Waals surface area contributed by atoms with Crippen LogP contribution in [-0.2, 0) is 18.4 Å². The Labute approximate surface area is 209 Å². The van der Waals surface area contributed by atoms with Gasteiger partial charge in [-0.15, -0.1) is 0 Å². The van der Waals surface area contributed by atoms with Crippen LogP contribution in [0, 0.1) is 5.92 Å². The lowest BCUT2D eigenvalue weighted by atomic mass is 9.72. The molecule has 1 fully saturated rings. The Morgan fingerprint density at radius 2 is 1.31 bits per heavy atom. The third-order valence-corrected chi connectivity index (χ3v) is 7.45. The smallest absolute Gasteiger partial charge is 0.117 e. The zero-order valence-electron chi connectivity index (χ0n) is 20.8. The zero-order chi connectivity index (χ0) is 24.7. The molecule has 3 aromatic rings. The number of nitrogens with zero attached hydrogens (tertiary/aromatic N) is 1. The van der Waals surface area contributed by atoms with Crippen molar-refractivity contribution < 1.29 is 15.3 Å². The van der Waals surface area contributed by atoms with E-state index in [1.807, 2.05) is 67.6 Å². The zero-order valence-corrected chi connectivity index (χ0v) is 20.8. The SMILES string of the molecule is CC(O)Cc1ccc(CCCC(O)N2CCC(C(O)(c3ccccc3)c3ccccc3)CC2)cc1. The van der Waals surface area contributed by atoms with Crippen molar-refractivity contribution in [3.63, 3.8) is 0 Å². The van der Waals surface area contributed by atoms with E-state index in [2.05, 4.69) is 29.2 Å². The van der Waals surface area contributed by atoms with Gasteiger partial charge in [0, 0.05) is 13.1 Å². The highest BCUT2D eigenvalue weighted by Crippen LogP contribution is 2.42. The van der Waals surface area contributed by atoms with E-state index >= 15 is 0 Å². The first-order chi connectivity index (χ1) is 17.0. The maximum absolute atomic E-state index is 12.0. The van der Waals surface area contributed by atoms with Crippen molar-refractivity contribution in [3.05, 3.63) is 107 Å². The lowest BCUT2D eigenvalue weighted by Gasteiger charge is -2.43. The molecule has 0 aliphatic carbocycles. The van der Waals surface area contributed by atoms with E-state index in [0.717, 1.165) is 61.9 Å². The van der Waals surface area contributed by atoms with E-state index < -0.39 is 11.8 Å². The summed E-state index contributed by atoms with van der Waals surface area (Å²) >= 11 is 0. The fourth-order valence-corrected chi connectivity index (χ4v) is 5.49. The Morgan fingerprint density at radius 1 is 0.800 bits per heavy atom. The third-order valence-electron chi connectivity index (χ3n) is 7.45. The van der Waals surface area contributed by atoms with Crippen molar-refractivity contribution in [2.24, 2.45) is 5.92 Å². The van der Waals surface area contributed by atoms with E-state index in [-0.39, 0.29) is 12.0 Å². The summed E-state index contributed by atoms with van der Waals surface area (Å²) in [7, 11) is 0. The van der Waals surface area contributed by atoms with Gasteiger partial charge < -0.3 is 15.3 Å². The highest BCUT2D eigenvalue weighted by atomic mass is 16.3. The molecule has 2 unspecified atom stereocenters. The molecule has 1 saturated heterocycles. The molecule has 0 aromatic heterocycles. The van der Waals surface area contributed by atoms with Crippen LogP contribution in [0.2, 0.25) is 0 Å². The molecule has 3 N–H and O–H groups in total. The highest BCUT2D eigenvalue weighted by Gasteiger charge is 2.42. The molecule has 2 atom stereocenters. The predicted octanol–water partition coefficient (Wildman–Crippen LogP) is 4.90. The summed E-state index contributed by atoms with van der Waals surface area (Å²) < 4.78 is 0. The second kappa shape index (κ2) is 12.0. The number of hydrogen-bond acceptors (Lipinski definition) is 4. The molecular formula is C31H39NO3. The number of piperidine rings is 1. The third kappa shape index (κ3) is 6.39. The van der Waals surface area contributed by atoms with Gasteiger partial charge in [-0.1, -0.05) is 84.9 Å². The monoisotopic (exact) mass is 473 g/mol. The minimum Gasteiger partial charge on any atom is -0.393 e. The highest BCUT2D eigenvalue weighted by molar-refractivity contribution is 5.37. The van der Waals surface area contributed by atoms with Crippen molar-refractivity contribution >= 4 is 0 Å². The molecule has 0 bridgehead atoms. The van der Waals surface area contributed by atoms with Crippen LogP contribution in [0.4, 0.5) is 0 Å². The van der Waals surface area contributed by atoms with Crippen molar-refractivity contribution in [2.75, 3.05) is 13.1 Å². The fraction of sp³-hybridized carbons (Fsp3) is 0.419. The second-order valence-corrected chi connectivity index (χ2v) is 10.1. The minimum atomic E-state index is -1.03. The van der Waals surface area contributed by atoms with Gasteiger partial charge in [0.25, 0.3) is 0 Å². The number of hydrogen-bond donors (Lipinski definition) is 3. The van der Waals surface area contributed by atoms with Crippen LogP contribution in [-0.4, -0.2) is 45.6 Å². The Bertz CT molecular complexity index is 973. The summed E-state index contributed by atoms with van der Waals surface area (Å²) in [6.07, 6.45) is 4.17. The van der Waals surface area contributed by atoms with Crippen LogP contribution in [0.5, 0.6) is 0 Å². The van der Waals surface area contributed by atoms with E-state index in [4.69, 9.17) is 0 Å². The van der Waals surface area contributed by atoms with E-state index in [9.17, 15) is 15.3 Å². The number of aliphatic hydroxyl groups is 3. The summed E-state index contributed by atoms with van der Waals surface area (Å²) in [6.45, 7) is 3.37. The Hall–Kier alpha value is -2.50. The molecule has 4 heteroatoms. The van der Waals surface area contributed by atoms with Gasteiger partial charge in [-0.3, -0.25) is 4.90 Å². The van der Waals surface area contributed by atoms with E-state index in [0.29, 0.717) is 6.42 Å². The maximum atomic E-state index is 12.0. The Kier molecular flexibility index (Phi) is 8.74. The molecule has 0 radical (unpaired) electrons. The quantitative estimate of drug-likeness (QED) is 0.392. The first kappa shape index (κ1) is 25.6. The second-order valence-electron chi connectivity index (χ2n) is 10.1. The van der Waals surface area contributed by atoms with Gasteiger partial charge in [-0.25, -0.2) is 0 Å². The summed E-state index contributed by atoms with van der Waals surface area (Å²) in [5.41, 5.74) is 3.26. The van der Waals surface area contributed by atoms with Crippen LogP contribution >= 0.6 is 0 Å². The van der Waals surface area contributed by atoms with Crippen LogP contribution in [0.3, 0.4) is 0 Å². The van der Waals surface area contributed by atoms with Crippen LogP contribution in [0.1, 0.15) is 54.9 Å². The first-order valence-corrected chi connectivity index (χ1v) is 13.0. The molecular weight excluding hydrogens is 434 g/mol. The fourth-order valence-electron chi connectivity index (χ4n) is 5.49. The molecule has 1 aliphatic heterocycles. The average Bonchev–Trinajstić information content (AvgIpc) is 2.90. The molecule has 3 aromatic carbocycles. The van der Waals surface area contributed by atoms with Gasteiger partial charge in [0.05, 0.1) is 6.10 Å². The number of rotatable bonds is 10. The minimum absolute atomic E-state index is 0.0934. The molecule has 4 nitrogen and oxygen atoms in total. The van der Waals surface area contributed by atoms with Crippen LogP contribution in [0.25, 0.3) is 0 Å². The topological polar surface area (TPSA) is 63.9 Å². The van der Waals surface area contributed by atoms with E-state index in [1.165, 1.54) is 5.56 Å². The average molecular weight is 474 g/mol. The van der Waals surface area contributed by atoms with Gasteiger partial charge in [-0.05, 0) is 73.6 Å².